The molecule has 0 aromatic heterocycles. The number of allylic oxidation sites excluding steroid dienone is 1. The smallest absolute Gasteiger partial charge is 0.343 e. The molecule has 0 saturated carbocycles. The van der Waals surface area contributed by atoms with Crippen LogP contribution in [0.3, 0.4) is 0 Å². The summed E-state index contributed by atoms with van der Waals surface area (Å²) in [5.41, 5.74) is 1.07. The topological polar surface area (TPSA) is 87.5 Å². The summed E-state index contributed by atoms with van der Waals surface area (Å²) in [6.07, 6.45) is 4.22. The second-order valence-corrected chi connectivity index (χ2v) is 10.0. The summed E-state index contributed by atoms with van der Waals surface area (Å²) in [5, 5.41) is 9.48. The third-order valence-electron chi connectivity index (χ3n) is 5.71. The summed E-state index contributed by atoms with van der Waals surface area (Å²) in [4.78, 5) is 12.8. The van der Waals surface area contributed by atoms with Crippen LogP contribution >= 0.6 is 0 Å². The minimum Gasteiger partial charge on any atom is -0.423 e. The molecule has 3 aromatic carbocycles. The fourth-order valence-electron chi connectivity index (χ4n) is 3.87. The Bertz CT molecular complexity index is 1400. The van der Waals surface area contributed by atoms with Crippen molar-refractivity contribution in [2.75, 3.05) is 13.1 Å². The monoisotopic (exact) mass is 490 g/mol. The number of sulfonamides is 1. The number of rotatable bonds is 6. The summed E-state index contributed by atoms with van der Waals surface area (Å²) in [6.45, 7) is 1.00. The van der Waals surface area contributed by atoms with Crippen LogP contribution in [0.4, 0.5) is 4.39 Å². The summed E-state index contributed by atoms with van der Waals surface area (Å²) >= 11 is 0. The number of esters is 1. The van der Waals surface area contributed by atoms with E-state index in [9.17, 15) is 22.9 Å². The van der Waals surface area contributed by atoms with Crippen molar-refractivity contribution in [2.24, 2.45) is 0 Å². The van der Waals surface area contributed by atoms with E-state index in [1.54, 1.807) is 36.4 Å². The normalized spacial score (nSPS) is 14.8. The van der Waals surface area contributed by atoms with Gasteiger partial charge in [0.05, 0.1) is 22.1 Å². The van der Waals surface area contributed by atoms with Gasteiger partial charge in [0.25, 0.3) is 0 Å². The molecular formula is C27H23FN2O4S. The molecule has 0 spiro atoms. The third kappa shape index (κ3) is 5.65. The van der Waals surface area contributed by atoms with Crippen molar-refractivity contribution in [3.63, 3.8) is 0 Å². The Labute approximate surface area is 203 Å². The van der Waals surface area contributed by atoms with Gasteiger partial charge >= 0.3 is 5.97 Å². The van der Waals surface area contributed by atoms with E-state index < -0.39 is 21.8 Å². The van der Waals surface area contributed by atoms with Gasteiger partial charge in [0, 0.05) is 18.7 Å². The lowest BCUT2D eigenvalue weighted by molar-refractivity contribution is 0.0734. The molecule has 0 N–H and O–H groups in total. The van der Waals surface area contributed by atoms with E-state index in [4.69, 9.17) is 4.74 Å². The molecule has 0 bridgehead atoms. The van der Waals surface area contributed by atoms with Gasteiger partial charge in [-0.05, 0) is 66.9 Å². The average molecular weight is 491 g/mol. The standard InChI is InChI=1S/C27H23FN2O4S/c28-26-10-3-2-9-25(26)22(19-29)17-20-7-6-8-23(18-20)34-27(31)21-11-13-24(14-12-21)35(32,33)30-15-4-1-5-16-30/h2-3,6-14,17-18H,1,4-5,15-16H2/b22-17-. The number of nitriles is 1. The van der Waals surface area contributed by atoms with E-state index in [2.05, 4.69) is 0 Å². The molecule has 4 rings (SSSR count). The zero-order chi connectivity index (χ0) is 24.8. The highest BCUT2D eigenvalue weighted by atomic mass is 32.2. The molecule has 178 valence electrons. The van der Waals surface area contributed by atoms with Crippen LogP contribution in [0.25, 0.3) is 11.6 Å². The number of ether oxygens (including phenoxy) is 1. The fourth-order valence-corrected chi connectivity index (χ4v) is 5.38. The Kier molecular flexibility index (Phi) is 7.39. The Morgan fingerprint density at radius 1 is 0.971 bits per heavy atom. The molecule has 35 heavy (non-hydrogen) atoms. The maximum absolute atomic E-state index is 14.1. The molecule has 1 aliphatic rings. The second-order valence-electron chi connectivity index (χ2n) is 8.10. The van der Waals surface area contributed by atoms with E-state index in [0.29, 0.717) is 18.7 Å². The van der Waals surface area contributed by atoms with Gasteiger partial charge < -0.3 is 4.74 Å². The predicted octanol–water partition coefficient (Wildman–Crippen LogP) is 5.28. The minimum absolute atomic E-state index is 0.136. The van der Waals surface area contributed by atoms with E-state index in [0.717, 1.165) is 19.3 Å². The van der Waals surface area contributed by atoms with Crippen molar-refractivity contribution >= 4 is 27.6 Å². The van der Waals surface area contributed by atoms with Crippen molar-refractivity contribution < 1.29 is 22.3 Å². The molecule has 3 aromatic rings. The van der Waals surface area contributed by atoms with Gasteiger partial charge in [-0.3, -0.25) is 0 Å². The number of piperidine rings is 1. The van der Waals surface area contributed by atoms with Crippen LogP contribution in [0.5, 0.6) is 5.75 Å². The van der Waals surface area contributed by atoms with E-state index in [-0.39, 0.29) is 27.3 Å². The first-order valence-electron chi connectivity index (χ1n) is 11.2. The lowest BCUT2D eigenvalue weighted by Crippen LogP contribution is -2.35. The summed E-state index contributed by atoms with van der Waals surface area (Å²) in [7, 11) is -3.59. The van der Waals surface area contributed by atoms with Gasteiger partial charge in [-0.1, -0.05) is 36.8 Å². The van der Waals surface area contributed by atoms with Crippen molar-refractivity contribution in [3.8, 4) is 11.8 Å². The van der Waals surface area contributed by atoms with E-state index in [1.165, 1.54) is 46.8 Å². The lowest BCUT2D eigenvalue weighted by Gasteiger charge is -2.25. The molecule has 0 radical (unpaired) electrons. The number of hydrogen-bond donors (Lipinski definition) is 0. The number of nitrogens with zero attached hydrogens (tertiary/aromatic N) is 2. The van der Waals surface area contributed by atoms with Gasteiger partial charge in [0.2, 0.25) is 10.0 Å². The largest absolute Gasteiger partial charge is 0.423 e. The highest BCUT2D eigenvalue weighted by Gasteiger charge is 2.26. The molecule has 1 heterocycles. The molecule has 0 unspecified atom stereocenters. The first-order valence-corrected chi connectivity index (χ1v) is 12.6. The summed E-state index contributed by atoms with van der Waals surface area (Å²) in [6, 6.07) is 20.2. The maximum Gasteiger partial charge on any atom is 0.343 e. The number of carbonyl (C=O) groups is 1. The van der Waals surface area contributed by atoms with Crippen LogP contribution in [0.2, 0.25) is 0 Å². The van der Waals surface area contributed by atoms with Crippen molar-refractivity contribution in [2.45, 2.75) is 24.2 Å². The predicted molar refractivity (Wildman–Crippen MR) is 130 cm³/mol. The molecule has 8 heteroatoms. The Morgan fingerprint density at radius 2 is 1.69 bits per heavy atom. The average Bonchev–Trinajstić information content (AvgIpc) is 2.88. The van der Waals surface area contributed by atoms with Gasteiger partial charge in [0.1, 0.15) is 11.6 Å². The third-order valence-corrected chi connectivity index (χ3v) is 7.62. The van der Waals surface area contributed by atoms with Crippen molar-refractivity contribution in [3.05, 3.63) is 95.3 Å². The molecule has 0 amide bonds. The molecule has 1 fully saturated rings. The zero-order valence-corrected chi connectivity index (χ0v) is 19.7. The van der Waals surface area contributed by atoms with Crippen LogP contribution < -0.4 is 4.74 Å². The molecule has 1 aliphatic heterocycles. The highest BCUT2D eigenvalue weighted by Crippen LogP contribution is 2.24. The number of hydrogen-bond acceptors (Lipinski definition) is 5. The summed E-state index contributed by atoms with van der Waals surface area (Å²) in [5.74, 6) is -0.920. The second kappa shape index (κ2) is 10.6. The van der Waals surface area contributed by atoms with Gasteiger partial charge in [-0.2, -0.15) is 9.57 Å². The maximum atomic E-state index is 14.1. The molecular weight excluding hydrogens is 467 g/mol. The van der Waals surface area contributed by atoms with Crippen LogP contribution in [0.15, 0.2) is 77.7 Å². The van der Waals surface area contributed by atoms with E-state index in [1.807, 2.05) is 6.07 Å². The first-order chi connectivity index (χ1) is 16.9. The first kappa shape index (κ1) is 24.3. The molecule has 6 nitrogen and oxygen atoms in total. The molecule has 0 atom stereocenters. The Hall–Kier alpha value is -3.80. The quantitative estimate of drug-likeness (QED) is 0.203. The van der Waals surface area contributed by atoms with Gasteiger partial charge in [-0.25, -0.2) is 17.6 Å². The Morgan fingerprint density at radius 3 is 2.37 bits per heavy atom. The van der Waals surface area contributed by atoms with Crippen LogP contribution in [0, 0.1) is 17.1 Å². The van der Waals surface area contributed by atoms with Crippen molar-refractivity contribution in [1.82, 2.24) is 4.31 Å². The van der Waals surface area contributed by atoms with Crippen LogP contribution in [-0.4, -0.2) is 31.8 Å². The van der Waals surface area contributed by atoms with Crippen LogP contribution in [0.1, 0.15) is 40.7 Å². The number of halogens is 1. The van der Waals surface area contributed by atoms with E-state index >= 15 is 0 Å². The Balaban J connectivity index is 1.49. The highest BCUT2D eigenvalue weighted by molar-refractivity contribution is 7.89. The molecule has 0 aliphatic carbocycles. The van der Waals surface area contributed by atoms with Gasteiger partial charge in [-0.15, -0.1) is 0 Å². The molecule has 1 saturated heterocycles. The lowest BCUT2D eigenvalue weighted by atomic mass is 10.0. The number of carbonyl (C=O) groups excluding carboxylic acids is 1. The van der Waals surface area contributed by atoms with Crippen molar-refractivity contribution in [1.29, 1.82) is 5.26 Å². The number of benzene rings is 3. The SMILES string of the molecule is N#C/C(=C/c1cccc(OC(=O)c2ccc(S(=O)(=O)N3CCCCC3)cc2)c1)c1ccccc1F. The zero-order valence-electron chi connectivity index (χ0n) is 18.9. The van der Waals surface area contributed by atoms with Gasteiger partial charge in [0.15, 0.2) is 0 Å². The summed E-state index contributed by atoms with van der Waals surface area (Å²) < 4.78 is 46.6. The minimum atomic E-state index is -3.59. The van der Waals surface area contributed by atoms with Crippen LogP contribution in [-0.2, 0) is 10.0 Å². The fraction of sp³-hybridized carbons (Fsp3) is 0.185.